The van der Waals surface area contributed by atoms with Crippen LogP contribution in [0.5, 0.6) is 0 Å². The highest BCUT2D eigenvalue weighted by Gasteiger charge is 2.29. The Bertz CT molecular complexity index is 273. The van der Waals surface area contributed by atoms with E-state index < -0.39 is 0 Å². The Kier molecular flexibility index (Phi) is 3.28. The summed E-state index contributed by atoms with van der Waals surface area (Å²) in [6.45, 7) is 6.39. The first kappa shape index (κ1) is 10.8. The number of primary amides is 1. The molecular formula is C10H16N2O2. The fourth-order valence-corrected chi connectivity index (χ4v) is 1.60. The normalized spacial score (nSPS) is 21.8. The molecule has 1 aliphatic heterocycles. The van der Waals surface area contributed by atoms with E-state index in [0.29, 0.717) is 25.8 Å². The third-order valence-corrected chi connectivity index (χ3v) is 2.50. The number of allylic oxidation sites excluding steroid dienone is 1. The van der Waals surface area contributed by atoms with Crippen LogP contribution in [0.15, 0.2) is 12.3 Å². The van der Waals surface area contributed by atoms with Crippen LogP contribution in [-0.2, 0) is 9.59 Å². The minimum atomic E-state index is -0.324. The molecule has 1 fully saturated rings. The second-order valence-corrected chi connectivity index (χ2v) is 3.71. The van der Waals surface area contributed by atoms with E-state index in [2.05, 4.69) is 6.58 Å². The number of nitrogens with two attached hydrogens (primary N) is 1. The Morgan fingerprint density at radius 3 is 2.79 bits per heavy atom. The average Bonchev–Trinajstić information content (AvgIpc) is 2.31. The molecule has 4 nitrogen and oxygen atoms in total. The largest absolute Gasteiger partial charge is 0.370 e. The van der Waals surface area contributed by atoms with Crippen LogP contribution in [0.4, 0.5) is 0 Å². The molecule has 0 aromatic rings. The van der Waals surface area contributed by atoms with Crippen LogP contribution in [0.25, 0.3) is 0 Å². The maximum Gasteiger partial charge on any atom is 0.227 e. The van der Waals surface area contributed by atoms with Crippen molar-refractivity contribution in [2.45, 2.75) is 26.2 Å². The lowest BCUT2D eigenvalue weighted by Crippen LogP contribution is -2.25. The summed E-state index contributed by atoms with van der Waals surface area (Å²) in [4.78, 5) is 23.6. The fraction of sp³-hybridized carbons (Fsp3) is 0.600. The predicted molar refractivity (Wildman–Crippen MR) is 53.1 cm³/mol. The van der Waals surface area contributed by atoms with Crippen molar-refractivity contribution >= 4 is 11.8 Å². The topological polar surface area (TPSA) is 63.4 Å². The van der Waals surface area contributed by atoms with E-state index in [9.17, 15) is 9.59 Å². The quantitative estimate of drug-likeness (QED) is 0.717. The summed E-state index contributed by atoms with van der Waals surface area (Å²) in [5.74, 6) is 0.0124. The number of likely N-dealkylation sites (tertiary alicyclic amines) is 1. The van der Waals surface area contributed by atoms with Gasteiger partial charge in [0.15, 0.2) is 0 Å². The Morgan fingerprint density at radius 2 is 2.36 bits per heavy atom. The molecule has 1 saturated heterocycles. The van der Waals surface area contributed by atoms with Crippen LogP contribution in [0.1, 0.15) is 26.2 Å². The van der Waals surface area contributed by atoms with Gasteiger partial charge in [-0.05, 0) is 6.42 Å². The van der Waals surface area contributed by atoms with E-state index in [1.165, 1.54) is 0 Å². The molecule has 0 spiro atoms. The van der Waals surface area contributed by atoms with Gasteiger partial charge in [0.1, 0.15) is 0 Å². The Labute approximate surface area is 83.8 Å². The second-order valence-electron chi connectivity index (χ2n) is 3.71. The first-order valence-corrected chi connectivity index (χ1v) is 4.80. The van der Waals surface area contributed by atoms with Gasteiger partial charge in [-0.1, -0.05) is 13.5 Å². The van der Waals surface area contributed by atoms with Crippen molar-refractivity contribution in [3.8, 4) is 0 Å². The van der Waals surface area contributed by atoms with E-state index in [1.54, 1.807) is 4.90 Å². The highest BCUT2D eigenvalue weighted by atomic mass is 16.2. The highest BCUT2D eigenvalue weighted by molar-refractivity contribution is 5.81. The zero-order chi connectivity index (χ0) is 10.7. The number of hydrogen-bond acceptors (Lipinski definition) is 2. The van der Waals surface area contributed by atoms with Crippen LogP contribution >= 0.6 is 0 Å². The zero-order valence-electron chi connectivity index (χ0n) is 8.45. The maximum absolute atomic E-state index is 11.4. The molecule has 0 radical (unpaired) electrons. The standard InChI is InChI=1S/C10H16N2O2/c1-7-6-10(14)12(8(7)2)5-3-4-9(11)13/h7H,2-6H2,1H3,(H2,11,13). The summed E-state index contributed by atoms with van der Waals surface area (Å²) in [5.41, 5.74) is 5.87. The summed E-state index contributed by atoms with van der Waals surface area (Å²) in [6.07, 6.45) is 1.48. The molecule has 1 atom stereocenters. The fourth-order valence-electron chi connectivity index (χ4n) is 1.60. The van der Waals surface area contributed by atoms with Crippen LogP contribution in [-0.4, -0.2) is 23.3 Å². The summed E-state index contributed by atoms with van der Waals surface area (Å²) in [7, 11) is 0. The summed E-state index contributed by atoms with van der Waals surface area (Å²) in [5, 5.41) is 0. The number of nitrogens with zero attached hydrogens (tertiary/aromatic N) is 1. The number of amides is 2. The molecule has 4 heteroatoms. The third kappa shape index (κ3) is 2.34. The van der Waals surface area contributed by atoms with Crippen molar-refractivity contribution in [1.82, 2.24) is 4.90 Å². The Balaban J connectivity index is 2.41. The first-order valence-electron chi connectivity index (χ1n) is 4.80. The Hall–Kier alpha value is -1.32. The number of hydrogen-bond donors (Lipinski definition) is 1. The van der Waals surface area contributed by atoms with Gasteiger partial charge in [0.25, 0.3) is 0 Å². The smallest absolute Gasteiger partial charge is 0.227 e. The van der Waals surface area contributed by atoms with Crippen LogP contribution in [0, 0.1) is 5.92 Å². The molecule has 1 unspecified atom stereocenters. The van der Waals surface area contributed by atoms with Gasteiger partial charge in [0, 0.05) is 31.0 Å². The monoisotopic (exact) mass is 196 g/mol. The molecule has 0 aromatic heterocycles. The van der Waals surface area contributed by atoms with Gasteiger partial charge < -0.3 is 10.6 Å². The molecule has 1 aliphatic rings. The summed E-state index contributed by atoms with van der Waals surface area (Å²) in [6, 6.07) is 0. The average molecular weight is 196 g/mol. The van der Waals surface area contributed by atoms with Crippen molar-refractivity contribution in [3.05, 3.63) is 12.3 Å². The lowest BCUT2D eigenvalue weighted by molar-refractivity contribution is -0.127. The zero-order valence-corrected chi connectivity index (χ0v) is 8.45. The summed E-state index contributed by atoms with van der Waals surface area (Å²) >= 11 is 0. The van der Waals surface area contributed by atoms with Gasteiger partial charge in [-0.2, -0.15) is 0 Å². The third-order valence-electron chi connectivity index (χ3n) is 2.50. The van der Waals surface area contributed by atoms with Gasteiger partial charge in [0.2, 0.25) is 11.8 Å². The van der Waals surface area contributed by atoms with Gasteiger partial charge >= 0.3 is 0 Å². The van der Waals surface area contributed by atoms with Crippen LogP contribution in [0.3, 0.4) is 0 Å². The summed E-state index contributed by atoms with van der Waals surface area (Å²) < 4.78 is 0. The SMILES string of the molecule is C=C1C(C)CC(=O)N1CCCC(N)=O. The van der Waals surface area contributed by atoms with E-state index in [1.807, 2.05) is 6.92 Å². The molecule has 0 saturated carbocycles. The van der Waals surface area contributed by atoms with Gasteiger partial charge in [-0.15, -0.1) is 0 Å². The second kappa shape index (κ2) is 4.26. The number of carbonyl (C=O) groups excluding carboxylic acids is 2. The maximum atomic E-state index is 11.4. The molecule has 0 bridgehead atoms. The molecular weight excluding hydrogens is 180 g/mol. The predicted octanol–water partition coefficient (Wildman–Crippen LogP) is 0.634. The number of carbonyl (C=O) groups is 2. The van der Waals surface area contributed by atoms with Crippen molar-refractivity contribution < 1.29 is 9.59 Å². The first-order chi connectivity index (χ1) is 6.52. The lowest BCUT2D eigenvalue weighted by atomic mass is 10.1. The van der Waals surface area contributed by atoms with E-state index in [4.69, 9.17) is 5.73 Å². The van der Waals surface area contributed by atoms with Crippen molar-refractivity contribution in [3.63, 3.8) is 0 Å². The minimum absolute atomic E-state index is 0.104. The molecule has 2 amide bonds. The molecule has 0 aromatic carbocycles. The van der Waals surface area contributed by atoms with E-state index in [0.717, 1.165) is 5.70 Å². The van der Waals surface area contributed by atoms with Crippen LogP contribution < -0.4 is 5.73 Å². The van der Waals surface area contributed by atoms with Gasteiger partial charge in [-0.3, -0.25) is 9.59 Å². The molecule has 1 heterocycles. The minimum Gasteiger partial charge on any atom is -0.370 e. The van der Waals surface area contributed by atoms with Crippen molar-refractivity contribution in [1.29, 1.82) is 0 Å². The molecule has 1 rings (SSSR count). The van der Waals surface area contributed by atoms with E-state index >= 15 is 0 Å². The molecule has 2 N–H and O–H groups in total. The molecule has 0 aliphatic carbocycles. The van der Waals surface area contributed by atoms with Gasteiger partial charge in [-0.25, -0.2) is 0 Å². The highest BCUT2D eigenvalue weighted by Crippen LogP contribution is 2.27. The van der Waals surface area contributed by atoms with E-state index in [-0.39, 0.29) is 17.7 Å². The lowest BCUT2D eigenvalue weighted by Gasteiger charge is -2.17. The van der Waals surface area contributed by atoms with Crippen molar-refractivity contribution in [2.24, 2.45) is 11.7 Å². The Morgan fingerprint density at radius 1 is 1.71 bits per heavy atom. The van der Waals surface area contributed by atoms with Gasteiger partial charge in [0.05, 0.1) is 0 Å². The molecule has 14 heavy (non-hydrogen) atoms. The number of rotatable bonds is 4. The van der Waals surface area contributed by atoms with Crippen LogP contribution in [0.2, 0.25) is 0 Å². The molecule has 78 valence electrons. The van der Waals surface area contributed by atoms with Crippen molar-refractivity contribution in [2.75, 3.05) is 6.54 Å².